The number of rotatable bonds is 4. The van der Waals surface area contributed by atoms with Gasteiger partial charge in [0.15, 0.2) is 5.82 Å². The van der Waals surface area contributed by atoms with Gasteiger partial charge in [-0.1, -0.05) is 12.1 Å². The van der Waals surface area contributed by atoms with Gasteiger partial charge < -0.3 is 9.84 Å². The summed E-state index contributed by atoms with van der Waals surface area (Å²) in [6, 6.07) is 0.597. The summed E-state index contributed by atoms with van der Waals surface area (Å²) < 4.78 is 5.12. The third kappa shape index (κ3) is 1.61. The molecule has 0 unspecified atom stereocenters. The van der Waals surface area contributed by atoms with Crippen molar-refractivity contribution in [3.05, 3.63) is 5.82 Å². The lowest BCUT2D eigenvalue weighted by atomic mass is 10.1. The zero-order chi connectivity index (χ0) is 9.60. The fourth-order valence-corrected chi connectivity index (χ4v) is 1.49. The van der Waals surface area contributed by atoms with Gasteiger partial charge in [0.2, 0.25) is 0 Å². The summed E-state index contributed by atoms with van der Waals surface area (Å²) in [4.78, 5) is 4.31. The minimum absolute atomic E-state index is 0.480. The smallest absolute Gasteiger partial charge is 0.321 e. The van der Waals surface area contributed by atoms with Gasteiger partial charge in [-0.2, -0.15) is 4.98 Å². The maximum Gasteiger partial charge on any atom is 0.321 e. The van der Waals surface area contributed by atoms with Crippen molar-refractivity contribution in [2.45, 2.75) is 38.5 Å². The predicted octanol–water partition coefficient (Wildman–Crippen LogP) is 2.16. The first-order chi connectivity index (χ1) is 6.75. The molecule has 0 saturated heterocycles. The van der Waals surface area contributed by atoms with E-state index in [0.717, 1.165) is 12.4 Å². The molecule has 2 saturated carbocycles. The van der Waals surface area contributed by atoms with E-state index in [1.54, 1.807) is 0 Å². The van der Waals surface area contributed by atoms with E-state index in [1.807, 2.05) is 0 Å². The van der Waals surface area contributed by atoms with E-state index < -0.39 is 0 Å². The van der Waals surface area contributed by atoms with Crippen molar-refractivity contribution < 1.29 is 4.52 Å². The topological polar surface area (TPSA) is 51.0 Å². The third-order valence-electron chi connectivity index (χ3n) is 3.15. The Morgan fingerprint density at radius 2 is 2.29 bits per heavy atom. The largest absolute Gasteiger partial charge is 0.337 e. The maximum atomic E-state index is 5.12. The van der Waals surface area contributed by atoms with Gasteiger partial charge in [0.25, 0.3) is 0 Å². The SMILES string of the molecule is CC1(CNc2nc(C3CC3)no2)CC1. The van der Waals surface area contributed by atoms with Crippen LogP contribution < -0.4 is 5.32 Å². The van der Waals surface area contributed by atoms with Gasteiger partial charge in [-0.25, -0.2) is 0 Å². The molecule has 4 heteroatoms. The predicted molar refractivity (Wildman–Crippen MR) is 52.1 cm³/mol. The minimum Gasteiger partial charge on any atom is -0.337 e. The van der Waals surface area contributed by atoms with Crippen molar-refractivity contribution in [2.24, 2.45) is 5.41 Å². The van der Waals surface area contributed by atoms with Crippen LogP contribution in [0.15, 0.2) is 4.52 Å². The summed E-state index contributed by atoms with van der Waals surface area (Å²) in [5.74, 6) is 1.46. The molecular formula is C10H15N3O. The van der Waals surface area contributed by atoms with E-state index in [2.05, 4.69) is 22.4 Å². The van der Waals surface area contributed by atoms with Gasteiger partial charge in [-0.3, -0.25) is 0 Å². The first-order valence-electron chi connectivity index (χ1n) is 5.33. The molecule has 4 nitrogen and oxygen atoms in total. The van der Waals surface area contributed by atoms with E-state index in [4.69, 9.17) is 4.52 Å². The fraction of sp³-hybridized carbons (Fsp3) is 0.800. The second kappa shape index (κ2) is 2.72. The Morgan fingerprint density at radius 1 is 1.50 bits per heavy atom. The van der Waals surface area contributed by atoms with E-state index in [1.165, 1.54) is 25.7 Å². The van der Waals surface area contributed by atoms with E-state index in [9.17, 15) is 0 Å². The first kappa shape index (κ1) is 8.26. The summed E-state index contributed by atoms with van der Waals surface area (Å²) in [6.07, 6.45) is 5.06. The highest BCUT2D eigenvalue weighted by molar-refractivity contribution is 5.22. The molecule has 14 heavy (non-hydrogen) atoms. The van der Waals surface area contributed by atoms with Crippen molar-refractivity contribution >= 4 is 6.01 Å². The van der Waals surface area contributed by atoms with Crippen LogP contribution in [0.3, 0.4) is 0 Å². The van der Waals surface area contributed by atoms with Gasteiger partial charge in [0.1, 0.15) is 0 Å². The molecule has 0 amide bonds. The Hall–Kier alpha value is -1.06. The molecule has 0 spiro atoms. The molecule has 1 N–H and O–H groups in total. The minimum atomic E-state index is 0.480. The molecule has 0 aromatic carbocycles. The molecule has 2 fully saturated rings. The molecule has 0 atom stereocenters. The Balaban J connectivity index is 1.59. The number of hydrogen-bond donors (Lipinski definition) is 1. The molecule has 1 aromatic rings. The van der Waals surface area contributed by atoms with Crippen LogP contribution in [0.2, 0.25) is 0 Å². The zero-order valence-corrected chi connectivity index (χ0v) is 8.42. The van der Waals surface area contributed by atoms with Gasteiger partial charge in [-0.15, -0.1) is 0 Å². The second-order valence-electron chi connectivity index (χ2n) is 4.90. The molecule has 0 bridgehead atoms. The number of nitrogens with zero attached hydrogens (tertiary/aromatic N) is 2. The molecule has 76 valence electrons. The summed E-state index contributed by atoms with van der Waals surface area (Å²) in [5, 5.41) is 7.16. The normalized spacial score (nSPS) is 23.5. The standard InChI is InChI=1S/C10H15N3O/c1-10(4-5-10)6-11-9-12-8(13-14-9)7-2-3-7/h7H,2-6H2,1H3,(H,11,12,13). The Bertz CT molecular complexity index is 339. The van der Waals surface area contributed by atoms with Gasteiger partial charge >= 0.3 is 6.01 Å². The van der Waals surface area contributed by atoms with Crippen molar-refractivity contribution in [3.63, 3.8) is 0 Å². The maximum absolute atomic E-state index is 5.12. The number of aromatic nitrogens is 2. The summed E-state index contributed by atoms with van der Waals surface area (Å²) in [7, 11) is 0. The van der Waals surface area contributed by atoms with Crippen LogP contribution in [-0.4, -0.2) is 16.7 Å². The zero-order valence-electron chi connectivity index (χ0n) is 8.42. The molecule has 2 aliphatic carbocycles. The Labute approximate surface area is 83.1 Å². The summed E-state index contributed by atoms with van der Waals surface area (Å²) >= 11 is 0. The van der Waals surface area contributed by atoms with Crippen LogP contribution in [0.5, 0.6) is 0 Å². The van der Waals surface area contributed by atoms with Gasteiger partial charge in [0.05, 0.1) is 0 Å². The lowest BCUT2D eigenvalue weighted by Crippen LogP contribution is -2.11. The molecular weight excluding hydrogens is 178 g/mol. The van der Waals surface area contributed by atoms with Crippen LogP contribution in [-0.2, 0) is 0 Å². The van der Waals surface area contributed by atoms with Crippen LogP contribution in [0.1, 0.15) is 44.3 Å². The van der Waals surface area contributed by atoms with Crippen LogP contribution in [0.25, 0.3) is 0 Å². The highest BCUT2D eigenvalue weighted by atomic mass is 16.5. The number of anilines is 1. The van der Waals surface area contributed by atoms with E-state index in [0.29, 0.717) is 17.3 Å². The lowest BCUT2D eigenvalue weighted by Gasteiger charge is -2.06. The van der Waals surface area contributed by atoms with Crippen LogP contribution in [0.4, 0.5) is 6.01 Å². The molecule has 0 aliphatic heterocycles. The molecule has 3 rings (SSSR count). The number of nitrogens with one attached hydrogen (secondary N) is 1. The first-order valence-corrected chi connectivity index (χ1v) is 5.33. The number of hydrogen-bond acceptors (Lipinski definition) is 4. The summed E-state index contributed by atoms with van der Waals surface area (Å²) in [5.41, 5.74) is 0.480. The van der Waals surface area contributed by atoms with E-state index >= 15 is 0 Å². The van der Waals surface area contributed by atoms with Crippen molar-refractivity contribution in [2.75, 3.05) is 11.9 Å². The van der Waals surface area contributed by atoms with Crippen LogP contribution >= 0.6 is 0 Å². The van der Waals surface area contributed by atoms with Crippen molar-refractivity contribution in [3.8, 4) is 0 Å². The monoisotopic (exact) mass is 193 g/mol. The van der Waals surface area contributed by atoms with Crippen molar-refractivity contribution in [1.29, 1.82) is 0 Å². The molecule has 1 aromatic heterocycles. The van der Waals surface area contributed by atoms with Crippen LogP contribution in [0, 0.1) is 5.41 Å². The Kier molecular flexibility index (Phi) is 1.60. The average Bonchev–Trinajstić information content (AvgIpc) is 3.08. The Morgan fingerprint density at radius 3 is 2.93 bits per heavy atom. The van der Waals surface area contributed by atoms with Gasteiger partial charge in [0, 0.05) is 12.5 Å². The fourth-order valence-electron chi connectivity index (χ4n) is 1.49. The second-order valence-corrected chi connectivity index (χ2v) is 4.90. The average molecular weight is 193 g/mol. The van der Waals surface area contributed by atoms with Gasteiger partial charge in [-0.05, 0) is 31.1 Å². The van der Waals surface area contributed by atoms with Crippen molar-refractivity contribution in [1.82, 2.24) is 10.1 Å². The third-order valence-corrected chi connectivity index (χ3v) is 3.15. The molecule has 2 aliphatic rings. The summed E-state index contributed by atoms with van der Waals surface area (Å²) in [6.45, 7) is 3.23. The molecule has 1 heterocycles. The quantitative estimate of drug-likeness (QED) is 0.796. The highest BCUT2D eigenvalue weighted by Gasteiger charge is 2.37. The molecule has 0 radical (unpaired) electrons. The highest BCUT2D eigenvalue weighted by Crippen LogP contribution is 2.44. The lowest BCUT2D eigenvalue weighted by molar-refractivity contribution is 0.419. The van der Waals surface area contributed by atoms with E-state index in [-0.39, 0.29) is 0 Å².